The van der Waals surface area contributed by atoms with Crippen LogP contribution in [0.2, 0.25) is 0 Å². The molecule has 0 atom stereocenters. The second-order valence-electron chi connectivity index (χ2n) is 7.35. The van der Waals surface area contributed by atoms with Gasteiger partial charge in [0.25, 0.3) is 0 Å². The topological polar surface area (TPSA) is 55.7 Å². The summed E-state index contributed by atoms with van der Waals surface area (Å²) in [4.78, 5) is 5.99. The van der Waals surface area contributed by atoms with E-state index in [-0.39, 0.29) is 0 Å². The van der Waals surface area contributed by atoms with Crippen molar-refractivity contribution >= 4 is 27.2 Å². The number of nitrogens with zero attached hydrogens (tertiary/aromatic N) is 1. The molecule has 3 aromatic rings. The van der Waals surface area contributed by atoms with Crippen LogP contribution in [-0.4, -0.2) is 20.4 Å². The molecular formula is C25H23NO3S. The maximum Gasteiger partial charge on any atom is 0.175 e. The molecule has 0 saturated carbocycles. The van der Waals surface area contributed by atoms with Crippen molar-refractivity contribution in [2.24, 2.45) is 5.16 Å². The van der Waals surface area contributed by atoms with Gasteiger partial charge in [0.15, 0.2) is 9.84 Å². The third kappa shape index (κ3) is 4.69. The lowest BCUT2D eigenvalue weighted by molar-refractivity contribution is 0.130. The highest BCUT2D eigenvalue weighted by Gasteiger charge is 2.20. The summed E-state index contributed by atoms with van der Waals surface area (Å²) in [5.41, 5.74) is 6.31. The SMILES string of the molecule is CS(=O)(=O)c1ccc(/C=C2/C(=N\OCc3ccccc3)CCc3ccccc32)cc1. The van der Waals surface area contributed by atoms with Crippen molar-refractivity contribution in [2.75, 3.05) is 6.26 Å². The highest BCUT2D eigenvalue weighted by molar-refractivity contribution is 7.90. The molecule has 0 N–H and O–H groups in total. The van der Waals surface area contributed by atoms with Crippen LogP contribution >= 0.6 is 0 Å². The Labute approximate surface area is 177 Å². The Morgan fingerprint density at radius 2 is 1.60 bits per heavy atom. The third-order valence-corrected chi connectivity index (χ3v) is 6.25. The standard InChI is InChI=1S/C25H23NO3S/c1-30(27,28)22-14-11-19(12-15-22)17-24-23-10-6-5-9-21(23)13-16-25(24)26-29-18-20-7-3-2-4-8-20/h2-12,14-15,17H,13,16,18H2,1H3/b24-17+,26-25-. The van der Waals surface area contributed by atoms with E-state index in [4.69, 9.17) is 4.84 Å². The van der Waals surface area contributed by atoms with Gasteiger partial charge < -0.3 is 4.84 Å². The number of fused-ring (bicyclic) bond motifs is 1. The van der Waals surface area contributed by atoms with E-state index in [9.17, 15) is 8.42 Å². The van der Waals surface area contributed by atoms with Crippen LogP contribution < -0.4 is 0 Å². The van der Waals surface area contributed by atoms with Gasteiger partial charge in [0, 0.05) is 11.8 Å². The zero-order chi connectivity index (χ0) is 21.0. The average molecular weight is 418 g/mol. The number of hydrogen-bond donors (Lipinski definition) is 0. The van der Waals surface area contributed by atoms with Gasteiger partial charge in [-0.05, 0) is 53.3 Å². The van der Waals surface area contributed by atoms with Crippen LogP contribution in [0.3, 0.4) is 0 Å². The second-order valence-corrected chi connectivity index (χ2v) is 9.37. The zero-order valence-corrected chi connectivity index (χ0v) is 17.6. The van der Waals surface area contributed by atoms with Crippen LogP contribution in [0, 0.1) is 0 Å². The molecule has 1 aliphatic carbocycles. The molecule has 0 aromatic heterocycles. The summed E-state index contributed by atoms with van der Waals surface area (Å²) in [6, 6.07) is 25.2. The van der Waals surface area contributed by atoms with Crippen LogP contribution in [-0.2, 0) is 27.7 Å². The zero-order valence-electron chi connectivity index (χ0n) is 16.8. The molecule has 3 aromatic carbocycles. The van der Waals surface area contributed by atoms with Gasteiger partial charge in [0.2, 0.25) is 0 Å². The van der Waals surface area contributed by atoms with Gasteiger partial charge in [-0.25, -0.2) is 8.42 Å². The lowest BCUT2D eigenvalue weighted by atomic mass is 9.85. The molecule has 0 bridgehead atoms. The fourth-order valence-corrected chi connectivity index (χ4v) is 4.17. The second kappa shape index (κ2) is 8.67. The molecule has 4 rings (SSSR count). The predicted octanol–water partition coefficient (Wildman–Crippen LogP) is 5.15. The summed E-state index contributed by atoms with van der Waals surface area (Å²) in [6.07, 6.45) is 4.97. The molecule has 4 nitrogen and oxygen atoms in total. The number of rotatable bonds is 5. The number of oxime groups is 1. The Morgan fingerprint density at radius 3 is 2.33 bits per heavy atom. The summed E-state index contributed by atoms with van der Waals surface area (Å²) in [5, 5.41) is 4.46. The van der Waals surface area contributed by atoms with E-state index in [0.717, 1.165) is 40.8 Å². The molecule has 0 heterocycles. The van der Waals surface area contributed by atoms with Gasteiger partial charge in [-0.1, -0.05) is 71.9 Å². The normalized spacial score (nSPS) is 16.4. The highest BCUT2D eigenvalue weighted by Crippen LogP contribution is 2.31. The first-order chi connectivity index (χ1) is 14.5. The quantitative estimate of drug-likeness (QED) is 0.540. The average Bonchev–Trinajstić information content (AvgIpc) is 2.75. The third-order valence-electron chi connectivity index (χ3n) is 5.12. The molecule has 0 fully saturated rings. The number of allylic oxidation sites excluding steroid dienone is 1. The van der Waals surface area contributed by atoms with Crippen molar-refractivity contribution in [2.45, 2.75) is 24.3 Å². The molecule has 0 saturated heterocycles. The number of sulfone groups is 1. The number of hydrogen-bond acceptors (Lipinski definition) is 4. The van der Waals surface area contributed by atoms with E-state index in [2.05, 4.69) is 23.4 Å². The Morgan fingerprint density at radius 1 is 0.900 bits per heavy atom. The molecule has 0 radical (unpaired) electrons. The van der Waals surface area contributed by atoms with E-state index >= 15 is 0 Å². The van der Waals surface area contributed by atoms with E-state index in [1.165, 1.54) is 11.8 Å². The molecule has 0 unspecified atom stereocenters. The maximum absolute atomic E-state index is 11.7. The Kier molecular flexibility index (Phi) is 5.81. The summed E-state index contributed by atoms with van der Waals surface area (Å²) in [7, 11) is -3.21. The lowest BCUT2D eigenvalue weighted by Crippen LogP contribution is -2.13. The summed E-state index contributed by atoms with van der Waals surface area (Å²) >= 11 is 0. The van der Waals surface area contributed by atoms with Gasteiger partial charge in [-0.15, -0.1) is 0 Å². The summed E-state index contributed by atoms with van der Waals surface area (Å²) in [6.45, 7) is 0.419. The molecule has 152 valence electrons. The molecule has 30 heavy (non-hydrogen) atoms. The largest absolute Gasteiger partial charge is 0.391 e. The van der Waals surface area contributed by atoms with Crippen LogP contribution in [0.15, 0.2) is 88.9 Å². The minimum atomic E-state index is -3.21. The van der Waals surface area contributed by atoms with Crippen LogP contribution in [0.25, 0.3) is 11.6 Å². The van der Waals surface area contributed by atoms with E-state index in [1.807, 2.05) is 54.6 Å². The minimum absolute atomic E-state index is 0.314. The molecule has 0 amide bonds. The van der Waals surface area contributed by atoms with Crippen LogP contribution in [0.5, 0.6) is 0 Å². The first kappa shape index (κ1) is 20.1. The number of aryl methyl sites for hydroxylation is 1. The first-order valence-corrected chi connectivity index (χ1v) is 11.7. The van der Waals surface area contributed by atoms with Gasteiger partial charge >= 0.3 is 0 Å². The van der Waals surface area contributed by atoms with E-state index in [1.54, 1.807) is 12.1 Å². The van der Waals surface area contributed by atoms with Gasteiger partial charge in [-0.2, -0.15) is 0 Å². The summed E-state index contributed by atoms with van der Waals surface area (Å²) in [5.74, 6) is 0. The monoisotopic (exact) mass is 417 g/mol. The maximum atomic E-state index is 11.7. The Hall–Kier alpha value is -3.18. The van der Waals surface area contributed by atoms with Crippen molar-refractivity contribution in [3.05, 3.63) is 101 Å². The fourth-order valence-electron chi connectivity index (χ4n) is 3.54. The van der Waals surface area contributed by atoms with Crippen molar-refractivity contribution in [3.63, 3.8) is 0 Å². The Balaban J connectivity index is 1.66. The molecular weight excluding hydrogens is 394 g/mol. The van der Waals surface area contributed by atoms with Gasteiger partial charge in [0.1, 0.15) is 6.61 Å². The van der Waals surface area contributed by atoms with Gasteiger partial charge in [0.05, 0.1) is 10.6 Å². The van der Waals surface area contributed by atoms with Crippen molar-refractivity contribution in [3.8, 4) is 0 Å². The predicted molar refractivity (Wildman–Crippen MR) is 121 cm³/mol. The number of benzene rings is 3. The molecule has 0 aliphatic heterocycles. The van der Waals surface area contributed by atoms with Crippen molar-refractivity contribution in [1.29, 1.82) is 0 Å². The fraction of sp³-hybridized carbons (Fsp3) is 0.160. The highest BCUT2D eigenvalue weighted by atomic mass is 32.2. The van der Waals surface area contributed by atoms with E-state index in [0.29, 0.717) is 11.5 Å². The molecule has 5 heteroatoms. The smallest absolute Gasteiger partial charge is 0.175 e. The Bertz CT molecular complexity index is 1190. The van der Waals surface area contributed by atoms with Crippen molar-refractivity contribution in [1.82, 2.24) is 0 Å². The summed E-state index contributed by atoms with van der Waals surface area (Å²) < 4.78 is 23.5. The molecule has 0 spiro atoms. The van der Waals surface area contributed by atoms with Crippen LogP contribution in [0.1, 0.15) is 28.7 Å². The molecule has 1 aliphatic rings. The van der Waals surface area contributed by atoms with Crippen molar-refractivity contribution < 1.29 is 13.3 Å². The first-order valence-electron chi connectivity index (χ1n) is 9.84. The lowest BCUT2D eigenvalue weighted by Gasteiger charge is -2.21. The minimum Gasteiger partial charge on any atom is -0.391 e. The van der Waals surface area contributed by atoms with E-state index < -0.39 is 9.84 Å². The van der Waals surface area contributed by atoms with Crippen LogP contribution in [0.4, 0.5) is 0 Å². The van der Waals surface area contributed by atoms with Gasteiger partial charge in [-0.3, -0.25) is 0 Å².